The van der Waals surface area contributed by atoms with Gasteiger partial charge in [0.05, 0.1) is 6.61 Å². The van der Waals surface area contributed by atoms with E-state index in [9.17, 15) is 4.39 Å². The zero-order valence-electron chi connectivity index (χ0n) is 10.6. The Hall–Kier alpha value is -0.450. The van der Waals surface area contributed by atoms with Crippen molar-refractivity contribution in [2.75, 3.05) is 26.3 Å². The average molecular weight is 316 g/mol. The number of rotatable bonds is 5. The van der Waals surface area contributed by atoms with Gasteiger partial charge in [-0.15, -0.1) is 0 Å². The lowest BCUT2D eigenvalue weighted by Gasteiger charge is -2.28. The molecule has 0 aromatic heterocycles. The molecular formula is C14H19BrFNO. The summed E-state index contributed by atoms with van der Waals surface area (Å²) in [7, 11) is 0. The molecule has 100 valence electrons. The lowest BCUT2D eigenvalue weighted by atomic mass is 9.80. The molecule has 0 aliphatic carbocycles. The normalized spacial score (nSPS) is 23.5. The Bertz CT molecular complexity index is 405. The van der Waals surface area contributed by atoms with Gasteiger partial charge >= 0.3 is 0 Å². The van der Waals surface area contributed by atoms with Crippen LogP contribution in [0.25, 0.3) is 0 Å². The summed E-state index contributed by atoms with van der Waals surface area (Å²) in [4.78, 5) is 0. The molecule has 1 N–H and O–H groups in total. The van der Waals surface area contributed by atoms with Crippen molar-refractivity contribution in [3.63, 3.8) is 0 Å². The topological polar surface area (TPSA) is 21.3 Å². The molecule has 1 aliphatic rings. The molecule has 1 saturated heterocycles. The van der Waals surface area contributed by atoms with E-state index in [1.807, 2.05) is 12.1 Å². The minimum Gasteiger partial charge on any atom is -0.381 e. The maximum Gasteiger partial charge on any atom is 0.127 e. The molecule has 0 spiro atoms. The van der Waals surface area contributed by atoms with E-state index in [1.54, 1.807) is 0 Å². The highest BCUT2D eigenvalue weighted by atomic mass is 79.9. The van der Waals surface area contributed by atoms with Crippen molar-refractivity contribution in [1.82, 2.24) is 5.32 Å². The van der Waals surface area contributed by atoms with Crippen LogP contribution in [0.1, 0.15) is 18.9 Å². The van der Waals surface area contributed by atoms with Crippen molar-refractivity contribution >= 4 is 15.9 Å². The standard InChI is InChI=1S/C14H19BrFNO/c1-2-17-9-14(5-6-18-10-14)8-11-3-4-12(15)7-13(11)16/h3-4,7,17H,2,5-6,8-10H2,1H3. The van der Waals surface area contributed by atoms with E-state index in [0.29, 0.717) is 0 Å². The molecule has 0 radical (unpaired) electrons. The summed E-state index contributed by atoms with van der Waals surface area (Å²) in [6, 6.07) is 5.30. The second-order valence-electron chi connectivity index (χ2n) is 5.00. The third-order valence-electron chi connectivity index (χ3n) is 3.52. The predicted octanol–water partition coefficient (Wildman–Crippen LogP) is 3.15. The highest BCUT2D eigenvalue weighted by Crippen LogP contribution is 2.33. The third kappa shape index (κ3) is 3.31. The van der Waals surface area contributed by atoms with Crippen LogP contribution in [-0.2, 0) is 11.2 Å². The number of hydrogen-bond acceptors (Lipinski definition) is 2. The lowest BCUT2D eigenvalue weighted by molar-refractivity contribution is 0.149. The maximum absolute atomic E-state index is 13.9. The van der Waals surface area contributed by atoms with Gasteiger partial charge in [0.15, 0.2) is 0 Å². The van der Waals surface area contributed by atoms with Crippen LogP contribution < -0.4 is 5.32 Å². The van der Waals surface area contributed by atoms with E-state index in [2.05, 4.69) is 28.2 Å². The van der Waals surface area contributed by atoms with Gasteiger partial charge in [-0.1, -0.05) is 28.9 Å². The zero-order chi connectivity index (χ0) is 13.0. The maximum atomic E-state index is 13.9. The van der Waals surface area contributed by atoms with Crippen LogP contribution in [0, 0.1) is 11.2 Å². The Kier molecular flexibility index (Phi) is 4.76. The zero-order valence-corrected chi connectivity index (χ0v) is 12.2. The Morgan fingerprint density at radius 2 is 2.33 bits per heavy atom. The first-order valence-corrected chi connectivity index (χ1v) is 7.17. The number of ether oxygens (including phenoxy) is 1. The summed E-state index contributed by atoms with van der Waals surface area (Å²) in [6.07, 6.45) is 1.73. The second-order valence-corrected chi connectivity index (χ2v) is 5.91. The molecular weight excluding hydrogens is 297 g/mol. The molecule has 1 aromatic rings. The fourth-order valence-electron chi connectivity index (χ4n) is 2.45. The molecule has 18 heavy (non-hydrogen) atoms. The van der Waals surface area contributed by atoms with Crippen molar-refractivity contribution < 1.29 is 9.13 Å². The molecule has 0 saturated carbocycles. The van der Waals surface area contributed by atoms with Crippen molar-refractivity contribution in [1.29, 1.82) is 0 Å². The molecule has 2 nitrogen and oxygen atoms in total. The summed E-state index contributed by atoms with van der Waals surface area (Å²) in [5.74, 6) is -0.132. The molecule has 2 rings (SSSR count). The summed E-state index contributed by atoms with van der Waals surface area (Å²) in [5, 5.41) is 3.37. The highest BCUT2D eigenvalue weighted by molar-refractivity contribution is 9.10. The fraction of sp³-hybridized carbons (Fsp3) is 0.571. The van der Waals surface area contributed by atoms with Gasteiger partial charge in [0, 0.05) is 23.0 Å². The van der Waals surface area contributed by atoms with E-state index in [-0.39, 0.29) is 11.2 Å². The Morgan fingerprint density at radius 1 is 1.50 bits per heavy atom. The van der Waals surface area contributed by atoms with Gasteiger partial charge in [0.25, 0.3) is 0 Å². The molecule has 0 bridgehead atoms. The van der Waals surface area contributed by atoms with Crippen molar-refractivity contribution in [2.45, 2.75) is 19.8 Å². The van der Waals surface area contributed by atoms with Gasteiger partial charge in [0.2, 0.25) is 0 Å². The van der Waals surface area contributed by atoms with Crippen LogP contribution in [0.2, 0.25) is 0 Å². The summed E-state index contributed by atoms with van der Waals surface area (Å²) in [5.41, 5.74) is 0.826. The second kappa shape index (κ2) is 6.13. The fourth-order valence-corrected chi connectivity index (χ4v) is 2.78. The van der Waals surface area contributed by atoms with Crippen LogP contribution in [0.3, 0.4) is 0 Å². The summed E-state index contributed by atoms with van der Waals surface area (Å²) in [6.45, 7) is 5.41. The highest BCUT2D eigenvalue weighted by Gasteiger charge is 2.35. The Balaban J connectivity index is 2.13. The Labute approximate surface area is 116 Å². The lowest BCUT2D eigenvalue weighted by Crippen LogP contribution is -2.37. The monoisotopic (exact) mass is 315 g/mol. The van der Waals surface area contributed by atoms with E-state index < -0.39 is 0 Å². The predicted molar refractivity (Wildman–Crippen MR) is 74.2 cm³/mol. The molecule has 1 aromatic carbocycles. The molecule has 1 aliphatic heterocycles. The minimum absolute atomic E-state index is 0.0463. The first-order chi connectivity index (χ1) is 8.65. The van der Waals surface area contributed by atoms with E-state index >= 15 is 0 Å². The van der Waals surface area contributed by atoms with Crippen LogP contribution in [0.4, 0.5) is 4.39 Å². The number of benzene rings is 1. The van der Waals surface area contributed by atoms with Crippen molar-refractivity contribution in [3.8, 4) is 0 Å². The van der Waals surface area contributed by atoms with Gasteiger partial charge < -0.3 is 10.1 Å². The first kappa shape index (κ1) is 14.0. The van der Waals surface area contributed by atoms with Gasteiger partial charge in [0.1, 0.15) is 5.82 Å². The third-order valence-corrected chi connectivity index (χ3v) is 4.01. The smallest absolute Gasteiger partial charge is 0.127 e. The van der Waals surface area contributed by atoms with Gasteiger partial charge in [-0.2, -0.15) is 0 Å². The van der Waals surface area contributed by atoms with E-state index in [4.69, 9.17) is 4.74 Å². The van der Waals surface area contributed by atoms with Crippen molar-refractivity contribution in [3.05, 3.63) is 34.1 Å². The molecule has 1 atom stereocenters. The first-order valence-electron chi connectivity index (χ1n) is 6.38. The largest absolute Gasteiger partial charge is 0.381 e. The molecule has 4 heteroatoms. The SMILES string of the molecule is CCNCC1(Cc2ccc(Br)cc2F)CCOC1. The number of hydrogen-bond donors (Lipinski definition) is 1. The number of nitrogens with one attached hydrogen (secondary N) is 1. The Morgan fingerprint density at radius 3 is 2.94 bits per heavy atom. The van der Waals surface area contributed by atoms with Crippen LogP contribution in [-0.4, -0.2) is 26.3 Å². The molecule has 0 amide bonds. The van der Waals surface area contributed by atoms with Crippen LogP contribution in [0.5, 0.6) is 0 Å². The van der Waals surface area contributed by atoms with Gasteiger partial charge in [-0.3, -0.25) is 0 Å². The number of halogens is 2. The minimum atomic E-state index is -0.132. The van der Waals surface area contributed by atoms with E-state index in [1.165, 1.54) is 6.07 Å². The van der Waals surface area contributed by atoms with Crippen LogP contribution in [0.15, 0.2) is 22.7 Å². The van der Waals surface area contributed by atoms with E-state index in [0.717, 1.165) is 49.2 Å². The molecule has 1 fully saturated rings. The van der Waals surface area contributed by atoms with Gasteiger partial charge in [-0.05, 0) is 37.1 Å². The van der Waals surface area contributed by atoms with Crippen molar-refractivity contribution in [2.24, 2.45) is 5.41 Å². The van der Waals surface area contributed by atoms with Gasteiger partial charge in [-0.25, -0.2) is 4.39 Å². The molecule has 1 heterocycles. The quantitative estimate of drug-likeness (QED) is 0.901. The molecule has 1 unspecified atom stereocenters. The summed E-state index contributed by atoms with van der Waals surface area (Å²) < 4.78 is 20.2. The summed E-state index contributed by atoms with van der Waals surface area (Å²) >= 11 is 3.29. The van der Waals surface area contributed by atoms with Crippen LogP contribution >= 0.6 is 15.9 Å². The average Bonchev–Trinajstić information content (AvgIpc) is 2.80.